The van der Waals surface area contributed by atoms with Crippen molar-refractivity contribution in [3.05, 3.63) is 29.3 Å². The number of aliphatic hydroxyl groups is 2. The third kappa shape index (κ3) is 1.94. The number of phenolic OH excluding ortho intramolecular Hbond substituents is 1. The number of Topliss-reactive ketones (excluding diaryl/α,β-unsaturated/α-hetero) is 2. The second-order valence-corrected chi connectivity index (χ2v) is 6.19. The summed E-state index contributed by atoms with van der Waals surface area (Å²) in [6, 6.07) is 3.79. The second kappa shape index (κ2) is 5.10. The summed E-state index contributed by atoms with van der Waals surface area (Å²) < 4.78 is 5.36. The van der Waals surface area contributed by atoms with Crippen molar-refractivity contribution in [3.63, 3.8) is 0 Å². The van der Waals surface area contributed by atoms with Crippen molar-refractivity contribution in [2.75, 3.05) is 0 Å². The van der Waals surface area contributed by atoms with E-state index in [9.17, 15) is 29.7 Å². The number of ether oxygens (including phenoxy) is 1. The fourth-order valence-electron chi connectivity index (χ4n) is 3.59. The van der Waals surface area contributed by atoms with Crippen LogP contribution in [0.5, 0.6) is 5.75 Å². The monoisotopic (exact) mass is 336 g/mol. The summed E-state index contributed by atoms with van der Waals surface area (Å²) in [5, 5.41) is 40.6. The minimum atomic E-state index is -2.61. The number of carbonyl (C=O) groups excluding carboxylic acids is 2. The van der Waals surface area contributed by atoms with Gasteiger partial charge in [-0.1, -0.05) is 12.1 Å². The fraction of sp³-hybridized carbons (Fsp3) is 0.438. The Labute approximate surface area is 136 Å². The molecule has 8 nitrogen and oxygen atoms in total. The maximum atomic E-state index is 12.8. The lowest BCUT2D eigenvalue weighted by molar-refractivity contribution is -0.228. The van der Waals surface area contributed by atoms with E-state index in [4.69, 9.17) is 9.84 Å². The van der Waals surface area contributed by atoms with E-state index in [2.05, 4.69) is 0 Å². The molecule has 4 N–H and O–H groups in total. The summed E-state index contributed by atoms with van der Waals surface area (Å²) >= 11 is 0. The number of aliphatic carboxylic acids is 1. The van der Waals surface area contributed by atoms with Crippen molar-refractivity contribution in [3.8, 4) is 5.75 Å². The summed E-state index contributed by atoms with van der Waals surface area (Å²) in [5.74, 6) is -3.66. The van der Waals surface area contributed by atoms with Gasteiger partial charge in [0.2, 0.25) is 5.78 Å². The van der Waals surface area contributed by atoms with Crippen molar-refractivity contribution in [2.45, 2.75) is 43.2 Å². The van der Waals surface area contributed by atoms with Crippen LogP contribution in [0.4, 0.5) is 0 Å². The summed E-state index contributed by atoms with van der Waals surface area (Å²) in [7, 11) is 0. The largest absolute Gasteiger partial charge is 0.507 e. The van der Waals surface area contributed by atoms with E-state index in [1.165, 1.54) is 25.1 Å². The number of hydrogen-bond acceptors (Lipinski definition) is 7. The molecule has 1 aromatic carbocycles. The number of ketones is 2. The Kier molecular flexibility index (Phi) is 3.52. The number of fused-ring (bicyclic) bond motifs is 2. The Bertz CT molecular complexity index is 756. The molecular formula is C16H16O8. The molecule has 0 saturated carbocycles. The van der Waals surface area contributed by atoms with Crippen molar-refractivity contribution in [1.82, 2.24) is 0 Å². The van der Waals surface area contributed by atoms with Crippen LogP contribution in [0.15, 0.2) is 18.2 Å². The minimum Gasteiger partial charge on any atom is -0.507 e. The normalized spacial score (nSPS) is 35.3. The molecule has 1 aromatic rings. The SMILES string of the molecule is C[C@@H]1O[C@@H](CC(=O)O)C[C@@]2(O)C(=O)c3cccc(O)c3C(=O)[C@@]12O. The van der Waals surface area contributed by atoms with Gasteiger partial charge in [-0.25, -0.2) is 0 Å². The number of carboxylic acids is 1. The van der Waals surface area contributed by atoms with Gasteiger partial charge in [-0.15, -0.1) is 0 Å². The molecule has 1 aliphatic carbocycles. The number of hydrogen-bond donors (Lipinski definition) is 4. The highest BCUT2D eigenvalue weighted by atomic mass is 16.5. The third-order valence-electron chi connectivity index (χ3n) is 4.78. The van der Waals surface area contributed by atoms with Crippen LogP contribution in [0.1, 0.15) is 40.5 Å². The van der Waals surface area contributed by atoms with E-state index >= 15 is 0 Å². The van der Waals surface area contributed by atoms with Crippen molar-refractivity contribution in [2.24, 2.45) is 0 Å². The molecule has 1 fully saturated rings. The first kappa shape index (κ1) is 16.6. The molecule has 0 bridgehead atoms. The van der Waals surface area contributed by atoms with Crippen LogP contribution in [0.25, 0.3) is 0 Å². The summed E-state index contributed by atoms with van der Waals surface area (Å²) in [6.45, 7) is 1.27. The van der Waals surface area contributed by atoms with E-state index in [1.807, 2.05) is 0 Å². The predicted molar refractivity (Wildman–Crippen MR) is 77.9 cm³/mol. The molecule has 1 heterocycles. The quantitative estimate of drug-likeness (QED) is 0.586. The number of aromatic hydroxyl groups is 1. The van der Waals surface area contributed by atoms with Crippen LogP contribution in [-0.2, 0) is 9.53 Å². The van der Waals surface area contributed by atoms with Crippen LogP contribution in [0.3, 0.4) is 0 Å². The molecule has 0 amide bonds. The Morgan fingerprint density at radius 3 is 2.58 bits per heavy atom. The van der Waals surface area contributed by atoms with E-state index in [0.717, 1.165) is 0 Å². The Hall–Kier alpha value is -2.29. The summed E-state index contributed by atoms with van der Waals surface area (Å²) in [5.41, 5.74) is -5.72. The molecule has 2 aliphatic rings. The minimum absolute atomic E-state index is 0.213. The molecule has 0 aromatic heterocycles. The fourth-order valence-corrected chi connectivity index (χ4v) is 3.59. The average molecular weight is 336 g/mol. The lowest BCUT2D eigenvalue weighted by Gasteiger charge is -2.52. The van der Waals surface area contributed by atoms with Gasteiger partial charge in [0, 0.05) is 12.0 Å². The lowest BCUT2D eigenvalue weighted by atomic mass is 9.61. The van der Waals surface area contributed by atoms with Gasteiger partial charge >= 0.3 is 5.97 Å². The van der Waals surface area contributed by atoms with Gasteiger partial charge in [0.25, 0.3) is 0 Å². The first-order valence-electron chi connectivity index (χ1n) is 7.36. The number of phenols is 1. The smallest absolute Gasteiger partial charge is 0.305 e. The maximum Gasteiger partial charge on any atom is 0.305 e. The predicted octanol–water partition coefficient (Wildman–Crippen LogP) is -0.114. The molecule has 4 atom stereocenters. The van der Waals surface area contributed by atoms with E-state index in [1.54, 1.807) is 0 Å². The van der Waals surface area contributed by atoms with Gasteiger partial charge in [0.05, 0.1) is 24.2 Å². The van der Waals surface area contributed by atoms with Crippen molar-refractivity contribution < 1.29 is 39.5 Å². The zero-order chi connectivity index (χ0) is 17.9. The molecule has 3 rings (SSSR count). The molecule has 0 radical (unpaired) electrons. The van der Waals surface area contributed by atoms with E-state index < -0.39 is 59.5 Å². The van der Waals surface area contributed by atoms with Crippen LogP contribution < -0.4 is 0 Å². The zero-order valence-corrected chi connectivity index (χ0v) is 12.7. The number of rotatable bonds is 2. The first-order chi connectivity index (χ1) is 11.1. The van der Waals surface area contributed by atoms with Crippen LogP contribution >= 0.6 is 0 Å². The highest BCUT2D eigenvalue weighted by Crippen LogP contribution is 2.47. The second-order valence-electron chi connectivity index (χ2n) is 6.19. The summed E-state index contributed by atoms with van der Waals surface area (Å²) in [4.78, 5) is 36.4. The van der Waals surface area contributed by atoms with E-state index in [0.29, 0.717) is 0 Å². The van der Waals surface area contributed by atoms with Gasteiger partial charge in [0.15, 0.2) is 17.0 Å². The first-order valence-corrected chi connectivity index (χ1v) is 7.36. The molecule has 0 spiro atoms. The molecule has 24 heavy (non-hydrogen) atoms. The molecular weight excluding hydrogens is 320 g/mol. The van der Waals surface area contributed by atoms with Crippen LogP contribution in [-0.4, -0.2) is 61.4 Å². The highest BCUT2D eigenvalue weighted by Gasteiger charge is 2.69. The topological polar surface area (TPSA) is 141 Å². The van der Waals surface area contributed by atoms with Crippen molar-refractivity contribution in [1.29, 1.82) is 0 Å². The van der Waals surface area contributed by atoms with Gasteiger partial charge in [-0.3, -0.25) is 14.4 Å². The van der Waals surface area contributed by atoms with Gasteiger partial charge in [-0.05, 0) is 13.0 Å². The Balaban J connectivity index is 2.18. The number of benzene rings is 1. The lowest BCUT2D eigenvalue weighted by Crippen LogP contribution is -2.75. The van der Waals surface area contributed by atoms with Crippen LogP contribution in [0.2, 0.25) is 0 Å². The number of carboxylic acid groups (broad SMARTS) is 1. The molecule has 1 saturated heterocycles. The zero-order valence-electron chi connectivity index (χ0n) is 12.7. The molecule has 128 valence electrons. The molecule has 1 aliphatic heterocycles. The third-order valence-corrected chi connectivity index (χ3v) is 4.78. The van der Waals surface area contributed by atoms with Crippen LogP contribution in [0, 0.1) is 0 Å². The maximum absolute atomic E-state index is 12.8. The standard InChI is InChI=1S/C16H16O8/c1-7-16(23)14(21)12-9(3-2-4-10(12)17)13(20)15(16,22)6-8(24-7)5-11(18)19/h2-4,7-8,17,22-23H,5-6H2,1H3,(H,18,19)/t7-,8-,15+,16-/m0/s1. The Morgan fingerprint density at radius 2 is 1.96 bits per heavy atom. The van der Waals surface area contributed by atoms with E-state index in [-0.39, 0.29) is 11.1 Å². The number of carbonyl (C=O) groups is 3. The van der Waals surface area contributed by atoms with Crippen molar-refractivity contribution >= 4 is 17.5 Å². The molecule has 8 heteroatoms. The average Bonchev–Trinajstić information content (AvgIpc) is 2.49. The summed E-state index contributed by atoms with van der Waals surface area (Å²) in [6.07, 6.45) is -3.42. The molecule has 0 unspecified atom stereocenters. The van der Waals surface area contributed by atoms with Gasteiger partial charge in [0.1, 0.15) is 5.75 Å². The van der Waals surface area contributed by atoms with Gasteiger partial charge < -0.3 is 25.2 Å². The van der Waals surface area contributed by atoms with Gasteiger partial charge in [-0.2, -0.15) is 0 Å². The Morgan fingerprint density at radius 1 is 1.29 bits per heavy atom. The highest BCUT2D eigenvalue weighted by molar-refractivity contribution is 6.23.